The molecule has 0 spiro atoms. The number of nitrogen functional groups attached to an aromatic ring is 1. The van der Waals surface area contributed by atoms with Crippen molar-refractivity contribution in [1.29, 1.82) is 0 Å². The first-order valence-electron chi connectivity index (χ1n) is 9.47. The SMILES string of the molecule is CCc1cccc(Oc2ccc(CNC(=O)c3ccc(COC)nc3N)cc2)c1. The van der Waals surface area contributed by atoms with Gasteiger partial charge < -0.3 is 20.5 Å². The van der Waals surface area contributed by atoms with Crippen LogP contribution in [-0.4, -0.2) is 18.0 Å². The fourth-order valence-corrected chi connectivity index (χ4v) is 2.86. The number of nitrogens with one attached hydrogen (secondary N) is 1. The number of carbonyl (C=O) groups excluding carboxylic acids is 1. The molecule has 1 amide bonds. The number of aromatic nitrogens is 1. The van der Waals surface area contributed by atoms with Crippen molar-refractivity contribution in [3.63, 3.8) is 0 Å². The minimum Gasteiger partial charge on any atom is -0.457 e. The van der Waals surface area contributed by atoms with Gasteiger partial charge in [-0.1, -0.05) is 31.2 Å². The summed E-state index contributed by atoms with van der Waals surface area (Å²) in [7, 11) is 1.58. The number of carbonyl (C=O) groups is 1. The van der Waals surface area contributed by atoms with E-state index in [4.69, 9.17) is 15.2 Å². The molecule has 0 unspecified atom stereocenters. The van der Waals surface area contributed by atoms with Crippen molar-refractivity contribution in [1.82, 2.24) is 10.3 Å². The summed E-state index contributed by atoms with van der Waals surface area (Å²) in [5.74, 6) is 1.48. The predicted molar refractivity (Wildman–Crippen MR) is 113 cm³/mol. The van der Waals surface area contributed by atoms with E-state index in [2.05, 4.69) is 23.3 Å². The molecule has 0 atom stereocenters. The molecule has 0 radical (unpaired) electrons. The van der Waals surface area contributed by atoms with Crippen LogP contribution in [0, 0.1) is 0 Å². The number of hydrogen-bond acceptors (Lipinski definition) is 5. The van der Waals surface area contributed by atoms with Gasteiger partial charge in [-0.25, -0.2) is 4.98 Å². The van der Waals surface area contributed by atoms with Gasteiger partial charge in [0, 0.05) is 13.7 Å². The number of hydrogen-bond donors (Lipinski definition) is 2. The summed E-state index contributed by atoms with van der Waals surface area (Å²) in [5.41, 5.74) is 9.10. The van der Waals surface area contributed by atoms with Gasteiger partial charge in [-0.3, -0.25) is 4.79 Å². The van der Waals surface area contributed by atoms with Crippen LogP contribution in [0.1, 0.15) is 34.1 Å². The number of ether oxygens (including phenoxy) is 2. The first-order valence-corrected chi connectivity index (χ1v) is 9.47. The van der Waals surface area contributed by atoms with E-state index in [1.807, 2.05) is 42.5 Å². The highest BCUT2D eigenvalue weighted by atomic mass is 16.5. The number of nitrogens with zero attached hydrogens (tertiary/aromatic N) is 1. The van der Waals surface area contributed by atoms with Crippen molar-refractivity contribution in [3.8, 4) is 11.5 Å². The molecule has 6 heteroatoms. The van der Waals surface area contributed by atoms with Gasteiger partial charge >= 0.3 is 0 Å². The molecule has 150 valence electrons. The topological polar surface area (TPSA) is 86.5 Å². The van der Waals surface area contributed by atoms with Crippen molar-refractivity contribution < 1.29 is 14.3 Å². The highest BCUT2D eigenvalue weighted by Crippen LogP contribution is 2.23. The van der Waals surface area contributed by atoms with Crippen LogP contribution < -0.4 is 15.8 Å². The summed E-state index contributed by atoms with van der Waals surface area (Å²) in [4.78, 5) is 16.6. The standard InChI is InChI=1S/C23H25N3O3/c1-3-16-5-4-6-20(13-16)29-19-10-7-17(8-11-19)14-25-23(27)21-12-9-18(15-28-2)26-22(21)24/h4-13H,3,14-15H2,1-2H3,(H2,24,26)(H,25,27). The summed E-state index contributed by atoms with van der Waals surface area (Å²) in [6.45, 7) is 2.84. The Labute approximate surface area is 170 Å². The van der Waals surface area contributed by atoms with Gasteiger partial charge in [0.2, 0.25) is 0 Å². The normalized spacial score (nSPS) is 10.6. The summed E-state index contributed by atoms with van der Waals surface area (Å²) in [6.07, 6.45) is 0.963. The van der Waals surface area contributed by atoms with Gasteiger partial charge in [-0.2, -0.15) is 0 Å². The second-order valence-corrected chi connectivity index (χ2v) is 6.60. The van der Waals surface area contributed by atoms with Gasteiger partial charge in [-0.15, -0.1) is 0 Å². The monoisotopic (exact) mass is 391 g/mol. The summed E-state index contributed by atoms with van der Waals surface area (Å²) >= 11 is 0. The second kappa shape index (κ2) is 9.71. The Hall–Kier alpha value is -3.38. The molecule has 0 aliphatic carbocycles. The van der Waals surface area contributed by atoms with Gasteiger partial charge in [0.25, 0.3) is 5.91 Å². The van der Waals surface area contributed by atoms with Crippen LogP contribution in [0.15, 0.2) is 60.7 Å². The molecule has 2 aromatic carbocycles. The fourth-order valence-electron chi connectivity index (χ4n) is 2.86. The highest BCUT2D eigenvalue weighted by molar-refractivity contribution is 5.98. The number of anilines is 1. The molecule has 6 nitrogen and oxygen atoms in total. The van der Waals surface area contributed by atoms with Crippen LogP contribution in [0.3, 0.4) is 0 Å². The highest BCUT2D eigenvalue weighted by Gasteiger charge is 2.11. The van der Waals surface area contributed by atoms with Crippen LogP contribution in [-0.2, 0) is 24.3 Å². The van der Waals surface area contributed by atoms with Gasteiger partial charge in [-0.05, 0) is 53.9 Å². The molecule has 0 aliphatic heterocycles. The van der Waals surface area contributed by atoms with E-state index in [1.54, 1.807) is 19.2 Å². The molecule has 3 aromatic rings. The molecule has 3 rings (SSSR count). The Morgan fingerprint density at radius 1 is 1.03 bits per heavy atom. The maximum absolute atomic E-state index is 12.4. The Morgan fingerprint density at radius 3 is 2.52 bits per heavy atom. The predicted octanol–water partition coefficient (Wildman–Crippen LogP) is 4.09. The lowest BCUT2D eigenvalue weighted by Crippen LogP contribution is -2.24. The van der Waals surface area contributed by atoms with Crippen LogP contribution in [0.4, 0.5) is 5.82 Å². The third-order valence-electron chi connectivity index (χ3n) is 4.44. The molecule has 1 heterocycles. The number of aryl methyl sites for hydroxylation is 1. The third-order valence-corrected chi connectivity index (χ3v) is 4.44. The average molecular weight is 391 g/mol. The lowest BCUT2D eigenvalue weighted by atomic mass is 10.1. The minimum absolute atomic E-state index is 0.190. The number of rotatable bonds is 8. The van der Waals surface area contributed by atoms with Crippen LogP contribution in [0.25, 0.3) is 0 Å². The van der Waals surface area contributed by atoms with E-state index in [0.29, 0.717) is 24.4 Å². The third kappa shape index (κ3) is 5.56. The molecular formula is C23H25N3O3. The lowest BCUT2D eigenvalue weighted by molar-refractivity contribution is 0.0951. The van der Waals surface area contributed by atoms with Crippen LogP contribution >= 0.6 is 0 Å². The quantitative estimate of drug-likeness (QED) is 0.604. The van der Waals surface area contributed by atoms with E-state index in [9.17, 15) is 4.79 Å². The Bertz CT molecular complexity index is 971. The number of benzene rings is 2. The zero-order valence-corrected chi connectivity index (χ0v) is 16.6. The van der Waals surface area contributed by atoms with E-state index in [-0.39, 0.29) is 11.7 Å². The van der Waals surface area contributed by atoms with Crippen LogP contribution in [0.2, 0.25) is 0 Å². The Morgan fingerprint density at radius 2 is 1.83 bits per heavy atom. The van der Waals surface area contributed by atoms with Crippen molar-refractivity contribution in [3.05, 3.63) is 83.0 Å². The molecule has 0 fully saturated rings. The molecule has 1 aromatic heterocycles. The molecule has 0 saturated carbocycles. The maximum atomic E-state index is 12.4. The van der Waals surface area contributed by atoms with Crippen molar-refractivity contribution in [2.75, 3.05) is 12.8 Å². The number of nitrogens with two attached hydrogens (primary N) is 1. The summed E-state index contributed by atoms with van der Waals surface area (Å²) in [5, 5.41) is 2.86. The van der Waals surface area contributed by atoms with E-state index >= 15 is 0 Å². The number of amides is 1. The van der Waals surface area contributed by atoms with Gasteiger partial charge in [0.05, 0.1) is 17.9 Å². The largest absolute Gasteiger partial charge is 0.457 e. The maximum Gasteiger partial charge on any atom is 0.255 e. The van der Waals surface area contributed by atoms with E-state index in [0.717, 1.165) is 23.5 Å². The first-order chi connectivity index (χ1) is 14.1. The molecule has 0 aliphatic rings. The summed E-state index contributed by atoms with van der Waals surface area (Å²) in [6, 6.07) is 19.0. The van der Waals surface area contributed by atoms with Gasteiger partial charge in [0.1, 0.15) is 17.3 Å². The smallest absolute Gasteiger partial charge is 0.255 e. The Balaban J connectivity index is 1.57. The zero-order chi connectivity index (χ0) is 20.6. The van der Waals surface area contributed by atoms with Crippen LogP contribution in [0.5, 0.6) is 11.5 Å². The number of methoxy groups -OCH3 is 1. The molecule has 0 saturated heterocycles. The average Bonchev–Trinajstić information content (AvgIpc) is 2.73. The van der Waals surface area contributed by atoms with Crippen molar-refractivity contribution in [2.45, 2.75) is 26.5 Å². The lowest BCUT2D eigenvalue weighted by Gasteiger charge is -2.10. The second-order valence-electron chi connectivity index (χ2n) is 6.60. The first kappa shape index (κ1) is 20.4. The summed E-state index contributed by atoms with van der Waals surface area (Å²) < 4.78 is 10.9. The Kier molecular flexibility index (Phi) is 6.81. The van der Waals surface area contributed by atoms with Crippen molar-refractivity contribution >= 4 is 11.7 Å². The zero-order valence-electron chi connectivity index (χ0n) is 16.6. The van der Waals surface area contributed by atoms with E-state index in [1.165, 1.54) is 5.56 Å². The van der Waals surface area contributed by atoms with E-state index < -0.39 is 0 Å². The molecular weight excluding hydrogens is 366 g/mol. The van der Waals surface area contributed by atoms with Gasteiger partial charge in [0.15, 0.2) is 0 Å². The molecule has 0 bridgehead atoms. The van der Waals surface area contributed by atoms with Crippen molar-refractivity contribution in [2.24, 2.45) is 0 Å². The minimum atomic E-state index is -0.268. The fraction of sp³-hybridized carbons (Fsp3) is 0.217. The molecule has 29 heavy (non-hydrogen) atoms. The molecule has 3 N–H and O–H groups in total. The number of pyridine rings is 1.